The lowest BCUT2D eigenvalue weighted by atomic mass is 10.2. The molecule has 1 aromatic rings. The van der Waals surface area contributed by atoms with E-state index in [0.717, 1.165) is 12.8 Å². The topological polar surface area (TPSA) is 89.3 Å². The average Bonchev–Trinajstić information content (AvgIpc) is 2.86. The fourth-order valence-electron chi connectivity index (χ4n) is 1.92. The molecule has 106 valence electrons. The van der Waals surface area contributed by atoms with Crippen molar-refractivity contribution in [3.05, 3.63) is 12.2 Å². The van der Waals surface area contributed by atoms with Gasteiger partial charge in [-0.25, -0.2) is 14.5 Å². The highest BCUT2D eigenvalue weighted by Gasteiger charge is 2.50. The minimum Gasteiger partial charge on any atom is -0.444 e. The van der Waals surface area contributed by atoms with Gasteiger partial charge in [-0.05, 0) is 33.6 Å². The number of nitrogens with one attached hydrogen (secondary N) is 1. The summed E-state index contributed by atoms with van der Waals surface area (Å²) < 4.78 is 6.87. The standard InChI is InChI=1S/C12H20N4O3/c1-11(2,3)19-10(18)15-12(4-5-12)9-13-8-14-16(9)6-7-17/h8,17H,4-7H2,1-3H3,(H,15,18). The Labute approximate surface area is 112 Å². The molecule has 1 aliphatic rings. The van der Waals surface area contributed by atoms with Gasteiger partial charge in [0.15, 0.2) is 5.82 Å². The first-order valence-electron chi connectivity index (χ1n) is 6.37. The number of carbonyl (C=O) groups is 1. The van der Waals surface area contributed by atoms with E-state index in [-0.39, 0.29) is 6.61 Å². The molecule has 0 unspecified atom stereocenters. The molecule has 1 fully saturated rings. The zero-order valence-corrected chi connectivity index (χ0v) is 11.5. The Hall–Kier alpha value is -1.63. The number of amides is 1. The van der Waals surface area contributed by atoms with Crippen LogP contribution in [0.15, 0.2) is 6.33 Å². The van der Waals surface area contributed by atoms with Crippen LogP contribution in [0.25, 0.3) is 0 Å². The number of rotatable bonds is 4. The maximum Gasteiger partial charge on any atom is 0.408 e. The van der Waals surface area contributed by atoms with E-state index >= 15 is 0 Å². The summed E-state index contributed by atoms with van der Waals surface area (Å²) in [5.74, 6) is 0.674. The van der Waals surface area contributed by atoms with Gasteiger partial charge < -0.3 is 15.2 Å². The molecule has 7 nitrogen and oxygen atoms in total. The van der Waals surface area contributed by atoms with E-state index in [2.05, 4.69) is 15.4 Å². The predicted molar refractivity (Wildman–Crippen MR) is 67.4 cm³/mol. The monoisotopic (exact) mass is 268 g/mol. The van der Waals surface area contributed by atoms with Gasteiger partial charge in [-0.3, -0.25) is 0 Å². The van der Waals surface area contributed by atoms with E-state index in [0.29, 0.717) is 12.4 Å². The van der Waals surface area contributed by atoms with Gasteiger partial charge >= 0.3 is 6.09 Å². The first kappa shape index (κ1) is 13.8. The lowest BCUT2D eigenvalue weighted by Gasteiger charge is -2.23. The van der Waals surface area contributed by atoms with Crippen molar-refractivity contribution in [2.45, 2.75) is 51.3 Å². The lowest BCUT2D eigenvalue weighted by Crippen LogP contribution is -2.40. The fraction of sp³-hybridized carbons (Fsp3) is 0.750. The molecule has 1 saturated carbocycles. The number of aromatic nitrogens is 3. The van der Waals surface area contributed by atoms with Crippen LogP contribution in [0.4, 0.5) is 4.79 Å². The van der Waals surface area contributed by atoms with Crippen molar-refractivity contribution < 1.29 is 14.6 Å². The number of ether oxygens (including phenoxy) is 1. The first-order valence-corrected chi connectivity index (χ1v) is 6.37. The van der Waals surface area contributed by atoms with Crippen LogP contribution in [-0.2, 0) is 16.8 Å². The minimum atomic E-state index is -0.529. The highest BCUT2D eigenvalue weighted by molar-refractivity contribution is 5.69. The molecule has 0 saturated heterocycles. The van der Waals surface area contributed by atoms with Crippen molar-refractivity contribution in [2.24, 2.45) is 0 Å². The van der Waals surface area contributed by atoms with Gasteiger partial charge in [0.05, 0.1) is 13.2 Å². The molecule has 19 heavy (non-hydrogen) atoms. The van der Waals surface area contributed by atoms with Crippen molar-refractivity contribution in [1.29, 1.82) is 0 Å². The molecule has 7 heteroatoms. The quantitative estimate of drug-likeness (QED) is 0.842. The largest absolute Gasteiger partial charge is 0.444 e. The van der Waals surface area contributed by atoms with Crippen molar-refractivity contribution in [2.75, 3.05) is 6.61 Å². The van der Waals surface area contributed by atoms with Gasteiger partial charge in [0.1, 0.15) is 17.5 Å². The van der Waals surface area contributed by atoms with E-state index in [1.807, 2.05) is 20.8 Å². The van der Waals surface area contributed by atoms with Gasteiger partial charge in [0.25, 0.3) is 0 Å². The van der Waals surface area contributed by atoms with Crippen molar-refractivity contribution in [1.82, 2.24) is 20.1 Å². The molecular formula is C12H20N4O3. The number of alkyl carbamates (subject to hydrolysis) is 1. The number of hydrogen-bond acceptors (Lipinski definition) is 5. The molecule has 0 aliphatic heterocycles. The lowest BCUT2D eigenvalue weighted by molar-refractivity contribution is 0.0490. The van der Waals surface area contributed by atoms with Crippen molar-refractivity contribution in [3.63, 3.8) is 0 Å². The molecule has 2 N–H and O–H groups in total. The second-order valence-corrected chi connectivity index (χ2v) is 5.74. The van der Waals surface area contributed by atoms with Gasteiger partial charge in [0, 0.05) is 0 Å². The summed E-state index contributed by atoms with van der Waals surface area (Å²) in [6, 6.07) is 0. The summed E-state index contributed by atoms with van der Waals surface area (Å²) in [7, 11) is 0. The maximum absolute atomic E-state index is 11.8. The third kappa shape index (κ3) is 3.23. The molecule has 0 atom stereocenters. The molecule has 0 radical (unpaired) electrons. The van der Waals surface area contributed by atoms with Crippen LogP contribution in [0.3, 0.4) is 0 Å². The minimum absolute atomic E-state index is 0.0150. The second kappa shape index (κ2) is 4.80. The third-order valence-electron chi connectivity index (χ3n) is 2.85. The number of aliphatic hydroxyl groups is 1. The van der Waals surface area contributed by atoms with Gasteiger partial charge in [-0.1, -0.05) is 0 Å². The fourth-order valence-corrected chi connectivity index (χ4v) is 1.92. The number of hydrogen-bond donors (Lipinski definition) is 2. The third-order valence-corrected chi connectivity index (χ3v) is 2.85. The Bertz CT molecular complexity index is 460. The molecule has 0 bridgehead atoms. The van der Waals surface area contributed by atoms with E-state index in [1.54, 1.807) is 4.68 Å². The highest BCUT2D eigenvalue weighted by Crippen LogP contribution is 2.44. The maximum atomic E-state index is 11.8. The molecule has 1 aliphatic carbocycles. The van der Waals surface area contributed by atoms with Crippen molar-refractivity contribution in [3.8, 4) is 0 Å². The molecule has 1 heterocycles. The highest BCUT2D eigenvalue weighted by atomic mass is 16.6. The van der Waals surface area contributed by atoms with Gasteiger partial charge in [0.2, 0.25) is 0 Å². The average molecular weight is 268 g/mol. The number of nitrogens with zero attached hydrogens (tertiary/aromatic N) is 3. The van der Waals surface area contributed by atoms with Crippen LogP contribution >= 0.6 is 0 Å². The van der Waals surface area contributed by atoms with Crippen molar-refractivity contribution >= 4 is 6.09 Å². The molecule has 0 spiro atoms. The molecule has 1 amide bonds. The molecule has 2 rings (SSSR count). The van der Waals surface area contributed by atoms with E-state index in [4.69, 9.17) is 9.84 Å². The van der Waals surface area contributed by atoms with Crippen LogP contribution in [0, 0.1) is 0 Å². The summed E-state index contributed by atoms with van der Waals surface area (Å²) in [6.45, 7) is 5.81. The van der Waals surface area contributed by atoms with E-state index in [9.17, 15) is 4.79 Å². The first-order chi connectivity index (χ1) is 8.86. The molecule has 0 aromatic carbocycles. The van der Waals surface area contributed by atoms with Crippen LogP contribution in [-0.4, -0.2) is 38.2 Å². The second-order valence-electron chi connectivity index (χ2n) is 5.74. The Morgan fingerprint density at radius 3 is 2.79 bits per heavy atom. The predicted octanol–water partition coefficient (Wildman–Crippen LogP) is 0.784. The number of carbonyl (C=O) groups excluding carboxylic acids is 1. The summed E-state index contributed by atoms with van der Waals surface area (Å²) in [5, 5.41) is 15.9. The summed E-state index contributed by atoms with van der Waals surface area (Å²) in [6.07, 6.45) is 2.58. The van der Waals surface area contributed by atoms with Crippen LogP contribution in [0.2, 0.25) is 0 Å². The van der Waals surface area contributed by atoms with Crippen LogP contribution in [0.5, 0.6) is 0 Å². The van der Waals surface area contributed by atoms with Gasteiger partial charge in [-0.15, -0.1) is 0 Å². The Morgan fingerprint density at radius 2 is 2.26 bits per heavy atom. The zero-order chi connectivity index (χ0) is 14.1. The smallest absolute Gasteiger partial charge is 0.408 e. The Kier molecular flexibility index (Phi) is 3.49. The summed E-state index contributed by atoms with van der Waals surface area (Å²) in [4.78, 5) is 16.0. The van der Waals surface area contributed by atoms with E-state index < -0.39 is 17.2 Å². The van der Waals surface area contributed by atoms with E-state index in [1.165, 1.54) is 6.33 Å². The Morgan fingerprint density at radius 1 is 1.58 bits per heavy atom. The van der Waals surface area contributed by atoms with Gasteiger partial charge in [-0.2, -0.15) is 5.10 Å². The van der Waals surface area contributed by atoms with Crippen LogP contribution in [0.1, 0.15) is 39.4 Å². The SMILES string of the molecule is CC(C)(C)OC(=O)NC1(c2ncnn2CCO)CC1. The summed E-state index contributed by atoms with van der Waals surface area (Å²) >= 11 is 0. The Balaban J connectivity index is 2.07. The molecular weight excluding hydrogens is 248 g/mol. The van der Waals surface area contributed by atoms with Crippen LogP contribution < -0.4 is 5.32 Å². The summed E-state index contributed by atoms with van der Waals surface area (Å²) in [5.41, 5.74) is -1.02. The zero-order valence-electron chi connectivity index (χ0n) is 11.5. The molecule has 1 aromatic heterocycles. The normalized spacial score (nSPS) is 17.1. The number of aliphatic hydroxyl groups excluding tert-OH is 1.